The fraction of sp³-hybridized carbons (Fsp3) is 0.333. The van der Waals surface area contributed by atoms with E-state index in [4.69, 9.17) is 11.6 Å². The first-order valence-electron chi connectivity index (χ1n) is 6.44. The predicted molar refractivity (Wildman–Crippen MR) is 78.4 cm³/mol. The van der Waals surface area contributed by atoms with Crippen LogP contribution in [0.2, 0.25) is 5.02 Å². The lowest BCUT2D eigenvalue weighted by molar-refractivity contribution is 0.520. The Morgan fingerprint density at radius 3 is 2.58 bits per heavy atom. The molecule has 0 aromatic carbocycles. The summed E-state index contributed by atoms with van der Waals surface area (Å²) in [7, 11) is 1.99. The van der Waals surface area contributed by atoms with E-state index in [1.807, 2.05) is 25.5 Å². The van der Waals surface area contributed by atoms with Gasteiger partial charge in [-0.05, 0) is 55.6 Å². The van der Waals surface area contributed by atoms with E-state index in [-0.39, 0.29) is 0 Å². The molecule has 0 saturated heterocycles. The van der Waals surface area contributed by atoms with Crippen LogP contribution in [0.25, 0.3) is 0 Å². The number of nitrogens with zero attached hydrogens (tertiary/aromatic N) is 2. The van der Waals surface area contributed by atoms with Crippen LogP contribution in [-0.4, -0.2) is 23.1 Å². The molecule has 0 spiro atoms. The highest BCUT2D eigenvalue weighted by Gasteiger charge is 2.10. The summed E-state index contributed by atoms with van der Waals surface area (Å²) < 4.78 is 0. The fourth-order valence-corrected chi connectivity index (χ4v) is 2.27. The Labute approximate surface area is 119 Å². The Balaban J connectivity index is 1.92. The van der Waals surface area contributed by atoms with Gasteiger partial charge in [0.05, 0.1) is 5.02 Å². The summed E-state index contributed by atoms with van der Waals surface area (Å²) in [5.74, 6) is 0. The minimum atomic E-state index is 0.410. The molecule has 2 aromatic heterocycles. The van der Waals surface area contributed by atoms with Gasteiger partial charge in [-0.3, -0.25) is 9.97 Å². The maximum absolute atomic E-state index is 6.14. The maximum atomic E-state index is 6.14. The van der Waals surface area contributed by atoms with Crippen LogP contribution in [-0.2, 0) is 12.8 Å². The van der Waals surface area contributed by atoms with Gasteiger partial charge in [0.15, 0.2) is 0 Å². The quantitative estimate of drug-likeness (QED) is 0.881. The second-order valence-corrected chi connectivity index (χ2v) is 4.96. The summed E-state index contributed by atoms with van der Waals surface area (Å²) in [5, 5.41) is 4.10. The normalized spacial score (nSPS) is 12.3. The average Bonchev–Trinajstić information content (AvgIpc) is 2.46. The van der Waals surface area contributed by atoms with Crippen molar-refractivity contribution in [2.45, 2.75) is 25.3 Å². The van der Waals surface area contributed by atoms with E-state index in [0.29, 0.717) is 6.04 Å². The van der Waals surface area contributed by atoms with E-state index in [0.717, 1.165) is 29.8 Å². The smallest absolute Gasteiger partial charge is 0.0621 e. The van der Waals surface area contributed by atoms with Crippen LogP contribution in [0, 0.1) is 0 Å². The van der Waals surface area contributed by atoms with Crippen molar-refractivity contribution in [1.82, 2.24) is 15.3 Å². The molecule has 4 heteroatoms. The van der Waals surface area contributed by atoms with Crippen molar-refractivity contribution >= 4 is 11.6 Å². The average molecular weight is 276 g/mol. The number of aryl methyl sites for hydroxylation is 1. The number of rotatable bonds is 6. The van der Waals surface area contributed by atoms with Crippen molar-refractivity contribution in [2.24, 2.45) is 0 Å². The van der Waals surface area contributed by atoms with E-state index in [1.54, 1.807) is 12.4 Å². The number of halogens is 1. The highest BCUT2D eigenvalue weighted by molar-refractivity contribution is 6.31. The first-order valence-corrected chi connectivity index (χ1v) is 6.82. The molecule has 0 amide bonds. The van der Waals surface area contributed by atoms with Gasteiger partial charge >= 0.3 is 0 Å². The summed E-state index contributed by atoms with van der Waals surface area (Å²) in [6, 6.07) is 6.52. The maximum Gasteiger partial charge on any atom is 0.0621 e. The highest BCUT2D eigenvalue weighted by Crippen LogP contribution is 2.17. The van der Waals surface area contributed by atoms with Crippen LogP contribution >= 0.6 is 11.6 Å². The molecule has 2 rings (SSSR count). The molecule has 0 saturated carbocycles. The van der Waals surface area contributed by atoms with E-state index in [1.165, 1.54) is 5.56 Å². The van der Waals surface area contributed by atoms with E-state index < -0.39 is 0 Å². The number of hydrogen-bond acceptors (Lipinski definition) is 3. The number of pyridine rings is 2. The van der Waals surface area contributed by atoms with Gasteiger partial charge in [-0.25, -0.2) is 0 Å². The van der Waals surface area contributed by atoms with Gasteiger partial charge in [0, 0.05) is 30.8 Å². The zero-order chi connectivity index (χ0) is 13.5. The van der Waals surface area contributed by atoms with E-state index in [2.05, 4.69) is 27.4 Å². The predicted octanol–water partition coefficient (Wildman–Crippen LogP) is 2.89. The number of aromatic nitrogens is 2. The summed E-state index contributed by atoms with van der Waals surface area (Å²) in [4.78, 5) is 8.04. The summed E-state index contributed by atoms with van der Waals surface area (Å²) >= 11 is 6.14. The number of likely N-dealkylation sites (N-methyl/N-ethyl adjacent to an activating group) is 1. The second kappa shape index (κ2) is 7.22. The van der Waals surface area contributed by atoms with Gasteiger partial charge in [-0.1, -0.05) is 11.6 Å². The second-order valence-electron chi connectivity index (χ2n) is 4.55. The van der Waals surface area contributed by atoms with Gasteiger partial charge in [-0.15, -0.1) is 0 Å². The third-order valence-corrected chi connectivity index (χ3v) is 3.60. The molecule has 1 atom stereocenters. The third kappa shape index (κ3) is 4.30. The van der Waals surface area contributed by atoms with Gasteiger partial charge in [0.25, 0.3) is 0 Å². The van der Waals surface area contributed by atoms with Crippen LogP contribution in [0.5, 0.6) is 0 Å². The molecule has 0 aliphatic carbocycles. The van der Waals surface area contributed by atoms with Gasteiger partial charge in [0.1, 0.15) is 0 Å². The van der Waals surface area contributed by atoms with Crippen LogP contribution in [0.1, 0.15) is 17.5 Å². The standard InChI is InChI=1S/C15H18ClN3/c1-17-14(3-2-12-4-7-18-8-5-12)10-13-6-9-19-11-15(13)16/h4-9,11,14,17H,2-3,10H2,1H3. The third-order valence-electron chi connectivity index (χ3n) is 3.26. The molecule has 3 nitrogen and oxygen atoms in total. The Morgan fingerprint density at radius 2 is 1.89 bits per heavy atom. The summed E-state index contributed by atoms with van der Waals surface area (Å²) in [6.07, 6.45) is 10.2. The minimum absolute atomic E-state index is 0.410. The van der Waals surface area contributed by atoms with Crippen molar-refractivity contribution in [2.75, 3.05) is 7.05 Å². The van der Waals surface area contributed by atoms with Crippen LogP contribution in [0.15, 0.2) is 43.0 Å². The lowest BCUT2D eigenvalue weighted by Crippen LogP contribution is -2.28. The molecule has 19 heavy (non-hydrogen) atoms. The minimum Gasteiger partial charge on any atom is -0.317 e. The van der Waals surface area contributed by atoms with Crippen LogP contribution < -0.4 is 5.32 Å². The molecular formula is C15H18ClN3. The molecule has 0 fully saturated rings. The molecule has 0 radical (unpaired) electrons. The molecule has 1 N–H and O–H groups in total. The van der Waals surface area contributed by atoms with Crippen molar-refractivity contribution in [3.63, 3.8) is 0 Å². The Hall–Kier alpha value is -1.45. The van der Waals surface area contributed by atoms with Gasteiger partial charge in [-0.2, -0.15) is 0 Å². The Kier molecular flexibility index (Phi) is 5.31. The van der Waals surface area contributed by atoms with Crippen molar-refractivity contribution in [3.8, 4) is 0 Å². The van der Waals surface area contributed by atoms with Gasteiger partial charge < -0.3 is 5.32 Å². The zero-order valence-electron chi connectivity index (χ0n) is 11.0. The number of nitrogens with one attached hydrogen (secondary N) is 1. The zero-order valence-corrected chi connectivity index (χ0v) is 11.8. The summed E-state index contributed by atoms with van der Waals surface area (Å²) in [5.41, 5.74) is 2.46. The largest absolute Gasteiger partial charge is 0.317 e. The Morgan fingerprint density at radius 1 is 1.16 bits per heavy atom. The molecule has 1 unspecified atom stereocenters. The Bertz CT molecular complexity index is 502. The summed E-state index contributed by atoms with van der Waals surface area (Å²) in [6.45, 7) is 0. The molecule has 0 bridgehead atoms. The van der Waals surface area contributed by atoms with Crippen molar-refractivity contribution in [3.05, 3.63) is 59.1 Å². The molecule has 2 heterocycles. The molecule has 2 aromatic rings. The topological polar surface area (TPSA) is 37.8 Å². The van der Waals surface area contributed by atoms with Crippen LogP contribution in [0.4, 0.5) is 0 Å². The van der Waals surface area contributed by atoms with E-state index >= 15 is 0 Å². The van der Waals surface area contributed by atoms with E-state index in [9.17, 15) is 0 Å². The van der Waals surface area contributed by atoms with Crippen molar-refractivity contribution in [1.29, 1.82) is 0 Å². The molecule has 0 aliphatic heterocycles. The SMILES string of the molecule is CNC(CCc1ccncc1)Cc1ccncc1Cl. The molecule has 100 valence electrons. The molecule has 0 aliphatic rings. The lowest BCUT2D eigenvalue weighted by atomic mass is 10.0. The highest BCUT2D eigenvalue weighted by atomic mass is 35.5. The first-order chi connectivity index (χ1) is 9.29. The lowest BCUT2D eigenvalue weighted by Gasteiger charge is -2.16. The molecular weight excluding hydrogens is 258 g/mol. The fourth-order valence-electron chi connectivity index (χ4n) is 2.07. The van der Waals surface area contributed by atoms with Crippen molar-refractivity contribution < 1.29 is 0 Å². The van der Waals surface area contributed by atoms with Gasteiger partial charge in [0.2, 0.25) is 0 Å². The number of hydrogen-bond donors (Lipinski definition) is 1. The monoisotopic (exact) mass is 275 g/mol. The van der Waals surface area contributed by atoms with Crippen LogP contribution in [0.3, 0.4) is 0 Å². The first kappa shape index (κ1) is 14.0.